The molecule has 0 radical (unpaired) electrons. The van der Waals surface area contributed by atoms with Crippen molar-refractivity contribution >= 4 is 11.7 Å². The van der Waals surface area contributed by atoms with Gasteiger partial charge in [-0.15, -0.1) is 0 Å². The molecule has 1 atom stereocenters. The summed E-state index contributed by atoms with van der Waals surface area (Å²) in [4.78, 5) is 32.2. The molecule has 0 N–H and O–H groups in total. The molecule has 0 aromatic carbocycles. The minimum absolute atomic E-state index is 0.0828. The Hall–Kier alpha value is -2.77. The van der Waals surface area contributed by atoms with Crippen LogP contribution >= 0.6 is 0 Å². The van der Waals surface area contributed by atoms with E-state index in [9.17, 15) is 4.79 Å². The Morgan fingerprint density at radius 3 is 2.91 bits per heavy atom. The number of carbonyl (C=O) groups excluding carboxylic acids is 1. The fourth-order valence-electron chi connectivity index (χ4n) is 2.39. The van der Waals surface area contributed by atoms with Crippen molar-refractivity contribution in [3.05, 3.63) is 36.7 Å². The average Bonchev–Trinajstić information content (AvgIpc) is 3.03. The Kier molecular flexibility index (Phi) is 4.31. The lowest BCUT2D eigenvalue weighted by Gasteiger charge is -2.17. The normalized spacial score (nSPS) is 17.1. The zero-order chi connectivity index (χ0) is 16.2. The second-order valence-electron chi connectivity index (χ2n) is 5.48. The van der Waals surface area contributed by atoms with Crippen LogP contribution in [0.25, 0.3) is 0 Å². The monoisotopic (exact) mass is 314 g/mol. The van der Waals surface area contributed by atoms with Crippen LogP contribution < -0.4 is 9.64 Å². The number of carbonyl (C=O) groups is 1. The third-order valence-corrected chi connectivity index (χ3v) is 3.59. The molecule has 2 aromatic heterocycles. The van der Waals surface area contributed by atoms with Crippen LogP contribution in [0.1, 0.15) is 16.9 Å². The van der Waals surface area contributed by atoms with Crippen LogP contribution in [0.2, 0.25) is 0 Å². The molecule has 8 heteroatoms. The lowest BCUT2D eigenvalue weighted by Crippen LogP contribution is -2.31. The van der Waals surface area contributed by atoms with Crippen LogP contribution in [0.15, 0.2) is 31.0 Å². The van der Waals surface area contributed by atoms with Gasteiger partial charge in [-0.1, -0.05) is 0 Å². The molecule has 0 unspecified atom stereocenters. The minimum Gasteiger partial charge on any atom is -0.472 e. The maximum Gasteiger partial charge on any atom is 0.274 e. The summed E-state index contributed by atoms with van der Waals surface area (Å²) in [5.74, 6) is 1.17. The van der Waals surface area contributed by atoms with Gasteiger partial charge in [0.2, 0.25) is 5.88 Å². The van der Waals surface area contributed by atoms with Gasteiger partial charge in [-0.25, -0.2) is 15.0 Å². The molecule has 23 heavy (non-hydrogen) atoms. The van der Waals surface area contributed by atoms with Gasteiger partial charge in [0.15, 0.2) is 0 Å². The largest absolute Gasteiger partial charge is 0.472 e. The molecule has 1 amide bonds. The van der Waals surface area contributed by atoms with Gasteiger partial charge < -0.3 is 14.5 Å². The Bertz CT molecular complexity index is 679. The van der Waals surface area contributed by atoms with Crippen molar-refractivity contribution in [3.8, 4) is 5.88 Å². The molecule has 3 heterocycles. The first-order chi connectivity index (χ1) is 11.1. The van der Waals surface area contributed by atoms with Crippen molar-refractivity contribution in [2.75, 3.05) is 32.1 Å². The molecular weight excluding hydrogens is 296 g/mol. The van der Waals surface area contributed by atoms with Gasteiger partial charge in [0, 0.05) is 45.5 Å². The number of nitrogens with zero attached hydrogens (tertiary/aromatic N) is 6. The quantitative estimate of drug-likeness (QED) is 0.818. The SMILES string of the molecule is CN(C)c1cc(O[C@@H]2CCN(C(=O)c3cnccn3)C2)ncn1. The van der Waals surface area contributed by atoms with Gasteiger partial charge in [0.25, 0.3) is 5.91 Å². The Morgan fingerprint density at radius 1 is 1.30 bits per heavy atom. The van der Waals surface area contributed by atoms with E-state index in [-0.39, 0.29) is 12.0 Å². The molecule has 2 aromatic rings. The van der Waals surface area contributed by atoms with Gasteiger partial charge in [-0.2, -0.15) is 0 Å². The summed E-state index contributed by atoms with van der Waals surface area (Å²) in [5, 5.41) is 0. The fraction of sp³-hybridized carbons (Fsp3) is 0.400. The van der Waals surface area contributed by atoms with Crippen molar-refractivity contribution in [2.45, 2.75) is 12.5 Å². The van der Waals surface area contributed by atoms with Gasteiger partial charge in [0.1, 0.15) is 23.9 Å². The molecule has 120 valence electrons. The predicted octanol–water partition coefficient (Wildman–Crippen LogP) is 0.626. The third-order valence-electron chi connectivity index (χ3n) is 3.59. The number of amides is 1. The molecule has 0 saturated carbocycles. The lowest BCUT2D eigenvalue weighted by molar-refractivity contribution is 0.0765. The topological polar surface area (TPSA) is 84.3 Å². The zero-order valence-electron chi connectivity index (χ0n) is 13.1. The summed E-state index contributed by atoms with van der Waals surface area (Å²) in [6, 6.07) is 1.78. The van der Waals surface area contributed by atoms with Crippen LogP contribution in [0.5, 0.6) is 5.88 Å². The van der Waals surface area contributed by atoms with E-state index < -0.39 is 0 Å². The van der Waals surface area contributed by atoms with Crippen LogP contribution in [0, 0.1) is 0 Å². The van der Waals surface area contributed by atoms with Crippen molar-refractivity contribution in [2.24, 2.45) is 0 Å². The van der Waals surface area contributed by atoms with E-state index in [1.54, 1.807) is 17.2 Å². The van der Waals surface area contributed by atoms with E-state index >= 15 is 0 Å². The molecule has 1 saturated heterocycles. The van der Waals surface area contributed by atoms with Gasteiger partial charge >= 0.3 is 0 Å². The number of aromatic nitrogens is 4. The minimum atomic E-state index is -0.124. The maximum atomic E-state index is 12.3. The van der Waals surface area contributed by atoms with Crippen LogP contribution in [0.3, 0.4) is 0 Å². The van der Waals surface area contributed by atoms with Crippen LogP contribution in [-0.4, -0.2) is 64.0 Å². The number of anilines is 1. The molecular formula is C15H18N6O2. The van der Waals surface area contributed by atoms with Crippen molar-refractivity contribution in [1.82, 2.24) is 24.8 Å². The Morgan fingerprint density at radius 2 is 2.17 bits per heavy atom. The first-order valence-corrected chi connectivity index (χ1v) is 7.35. The van der Waals surface area contributed by atoms with E-state index in [0.717, 1.165) is 12.2 Å². The molecule has 8 nitrogen and oxygen atoms in total. The number of hydrogen-bond acceptors (Lipinski definition) is 7. The molecule has 1 fully saturated rings. The van der Waals surface area contributed by atoms with Crippen LogP contribution in [0.4, 0.5) is 5.82 Å². The van der Waals surface area contributed by atoms with E-state index in [1.807, 2.05) is 19.0 Å². The molecule has 1 aliphatic heterocycles. The van der Waals surface area contributed by atoms with E-state index in [4.69, 9.17) is 4.74 Å². The summed E-state index contributed by atoms with van der Waals surface area (Å²) in [6.45, 7) is 1.14. The number of likely N-dealkylation sites (tertiary alicyclic amines) is 1. The molecule has 0 bridgehead atoms. The Balaban J connectivity index is 1.62. The van der Waals surface area contributed by atoms with E-state index in [1.165, 1.54) is 18.7 Å². The number of ether oxygens (including phenoxy) is 1. The summed E-state index contributed by atoms with van der Waals surface area (Å²) in [7, 11) is 3.81. The molecule has 0 aliphatic carbocycles. The van der Waals surface area contributed by atoms with E-state index in [2.05, 4.69) is 19.9 Å². The summed E-state index contributed by atoms with van der Waals surface area (Å²) in [6.07, 6.45) is 6.69. The van der Waals surface area contributed by atoms with Gasteiger partial charge in [-0.05, 0) is 0 Å². The average molecular weight is 314 g/mol. The van der Waals surface area contributed by atoms with Crippen molar-refractivity contribution < 1.29 is 9.53 Å². The Labute approximate surface area is 134 Å². The number of rotatable bonds is 4. The number of hydrogen-bond donors (Lipinski definition) is 0. The molecule has 0 spiro atoms. The second kappa shape index (κ2) is 6.55. The zero-order valence-corrected chi connectivity index (χ0v) is 13.1. The smallest absolute Gasteiger partial charge is 0.274 e. The maximum absolute atomic E-state index is 12.3. The molecule has 1 aliphatic rings. The summed E-state index contributed by atoms with van der Waals surface area (Å²) in [5.41, 5.74) is 0.352. The summed E-state index contributed by atoms with van der Waals surface area (Å²) < 4.78 is 5.87. The highest BCUT2D eigenvalue weighted by Gasteiger charge is 2.29. The highest BCUT2D eigenvalue weighted by Crippen LogP contribution is 2.20. The predicted molar refractivity (Wildman–Crippen MR) is 83.3 cm³/mol. The first kappa shape index (κ1) is 15.1. The second-order valence-corrected chi connectivity index (χ2v) is 5.48. The highest BCUT2D eigenvalue weighted by atomic mass is 16.5. The van der Waals surface area contributed by atoms with Crippen LogP contribution in [-0.2, 0) is 0 Å². The molecule has 3 rings (SSSR count). The standard InChI is InChI=1S/C15H18N6O2/c1-20(2)13-7-14(19-10-18-13)23-11-3-6-21(9-11)15(22)12-8-16-4-5-17-12/h4-5,7-8,10-11H,3,6,9H2,1-2H3/t11-/m1/s1. The fourth-order valence-corrected chi connectivity index (χ4v) is 2.39. The van der Waals surface area contributed by atoms with Crippen molar-refractivity contribution in [1.29, 1.82) is 0 Å². The first-order valence-electron chi connectivity index (χ1n) is 7.35. The highest BCUT2D eigenvalue weighted by molar-refractivity contribution is 5.92. The lowest BCUT2D eigenvalue weighted by atomic mass is 10.3. The van der Waals surface area contributed by atoms with Gasteiger partial charge in [0.05, 0.1) is 12.7 Å². The summed E-state index contributed by atoms with van der Waals surface area (Å²) >= 11 is 0. The van der Waals surface area contributed by atoms with Crippen molar-refractivity contribution in [3.63, 3.8) is 0 Å². The third kappa shape index (κ3) is 3.53. The van der Waals surface area contributed by atoms with E-state index in [0.29, 0.717) is 24.7 Å². The van der Waals surface area contributed by atoms with Gasteiger partial charge in [-0.3, -0.25) is 9.78 Å².